The molecule has 2 aromatic rings. The average molecular weight is 285 g/mol. The summed E-state index contributed by atoms with van der Waals surface area (Å²) >= 11 is 0. The number of hydrogen-bond acceptors (Lipinski definition) is 4. The molecule has 0 aliphatic heterocycles. The number of benzene rings is 2. The third kappa shape index (κ3) is 3.81. The van der Waals surface area contributed by atoms with E-state index in [1.807, 2.05) is 42.5 Å². The summed E-state index contributed by atoms with van der Waals surface area (Å²) in [5, 5.41) is 14.4. The van der Waals surface area contributed by atoms with E-state index in [0.717, 1.165) is 16.3 Å². The molecule has 21 heavy (non-hydrogen) atoms. The van der Waals surface area contributed by atoms with E-state index in [9.17, 15) is 4.79 Å². The molecule has 0 unspecified atom stereocenters. The van der Waals surface area contributed by atoms with E-state index in [1.165, 1.54) is 0 Å². The largest absolute Gasteiger partial charge is 0.458 e. The average Bonchev–Trinajstić information content (AvgIpc) is 2.47. The molecule has 110 valence electrons. The molecule has 0 radical (unpaired) electrons. The van der Waals surface area contributed by atoms with Crippen molar-refractivity contribution in [3.8, 4) is 0 Å². The van der Waals surface area contributed by atoms with E-state index < -0.39 is 5.97 Å². The standard InChI is InChI=1S/C17H19NO3/c1-12(2)21-17(19)16(18-20)11-10-14-8-5-7-13-6-3-4-9-15(13)14/h3-9,12,20H,10-11H2,1-2H3. The summed E-state index contributed by atoms with van der Waals surface area (Å²) in [7, 11) is 0. The molecule has 1 N–H and O–H groups in total. The molecule has 0 aliphatic rings. The van der Waals surface area contributed by atoms with Gasteiger partial charge >= 0.3 is 5.97 Å². The lowest BCUT2D eigenvalue weighted by Gasteiger charge is -2.10. The minimum absolute atomic E-state index is 0.0524. The monoisotopic (exact) mass is 285 g/mol. The molecule has 2 aromatic carbocycles. The summed E-state index contributed by atoms with van der Waals surface area (Å²) < 4.78 is 5.05. The predicted molar refractivity (Wildman–Crippen MR) is 82.7 cm³/mol. The van der Waals surface area contributed by atoms with Crippen molar-refractivity contribution in [2.45, 2.75) is 32.8 Å². The minimum Gasteiger partial charge on any atom is -0.458 e. The molecular formula is C17H19NO3. The van der Waals surface area contributed by atoms with Crippen LogP contribution in [0.15, 0.2) is 47.6 Å². The highest BCUT2D eigenvalue weighted by Gasteiger charge is 2.15. The van der Waals surface area contributed by atoms with Crippen LogP contribution < -0.4 is 0 Å². The van der Waals surface area contributed by atoms with Crippen molar-refractivity contribution < 1.29 is 14.7 Å². The number of fused-ring (bicyclic) bond motifs is 1. The Kier molecular flexibility index (Phi) is 4.93. The number of ether oxygens (including phenoxy) is 1. The van der Waals surface area contributed by atoms with Gasteiger partial charge in [0.2, 0.25) is 0 Å². The van der Waals surface area contributed by atoms with E-state index in [-0.39, 0.29) is 11.8 Å². The van der Waals surface area contributed by atoms with Crippen LogP contribution in [0.4, 0.5) is 0 Å². The van der Waals surface area contributed by atoms with Crippen molar-refractivity contribution in [3.63, 3.8) is 0 Å². The molecular weight excluding hydrogens is 266 g/mol. The first kappa shape index (κ1) is 15.0. The van der Waals surface area contributed by atoms with Crippen molar-refractivity contribution in [1.29, 1.82) is 0 Å². The second-order valence-corrected chi connectivity index (χ2v) is 5.14. The van der Waals surface area contributed by atoms with Gasteiger partial charge in [-0.05, 0) is 36.6 Å². The van der Waals surface area contributed by atoms with E-state index >= 15 is 0 Å². The maximum absolute atomic E-state index is 11.8. The lowest BCUT2D eigenvalue weighted by molar-refractivity contribution is -0.139. The number of hydrogen-bond donors (Lipinski definition) is 1. The predicted octanol–water partition coefficient (Wildman–Crippen LogP) is 3.55. The molecule has 0 spiro atoms. The first-order chi connectivity index (χ1) is 10.1. The van der Waals surface area contributed by atoms with Crippen molar-refractivity contribution in [2.75, 3.05) is 0 Å². The maximum Gasteiger partial charge on any atom is 0.356 e. The molecule has 0 aliphatic carbocycles. The lowest BCUT2D eigenvalue weighted by Crippen LogP contribution is -2.21. The summed E-state index contributed by atoms with van der Waals surface area (Å²) in [4.78, 5) is 11.8. The molecule has 0 bridgehead atoms. The van der Waals surface area contributed by atoms with Gasteiger partial charge in [0, 0.05) is 6.42 Å². The zero-order chi connectivity index (χ0) is 15.2. The van der Waals surface area contributed by atoms with Gasteiger partial charge in [-0.3, -0.25) is 0 Å². The molecule has 0 heterocycles. The summed E-state index contributed by atoms with van der Waals surface area (Å²) in [5.41, 5.74) is 1.17. The second kappa shape index (κ2) is 6.88. The van der Waals surface area contributed by atoms with Crippen LogP contribution in [-0.2, 0) is 16.0 Å². The number of carbonyl (C=O) groups excluding carboxylic acids is 1. The van der Waals surface area contributed by atoms with E-state index in [4.69, 9.17) is 9.94 Å². The SMILES string of the molecule is CC(C)OC(=O)C(CCc1cccc2ccccc12)=NO. The fourth-order valence-electron chi connectivity index (χ4n) is 2.24. The van der Waals surface area contributed by atoms with E-state index in [0.29, 0.717) is 12.8 Å². The molecule has 0 aromatic heterocycles. The van der Waals surface area contributed by atoms with Gasteiger partial charge in [-0.15, -0.1) is 0 Å². The Morgan fingerprint density at radius 3 is 2.62 bits per heavy atom. The normalized spacial score (nSPS) is 11.9. The summed E-state index contributed by atoms with van der Waals surface area (Å²) in [6, 6.07) is 14.1. The highest BCUT2D eigenvalue weighted by atomic mass is 16.5. The quantitative estimate of drug-likeness (QED) is 0.395. The fourth-order valence-corrected chi connectivity index (χ4v) is 2.24. The van der Waals surface area contributed by atoms with Crippen LogP contribution in [0.25, 0.3) is 10.8 Å². The molecule has 0 atom stereocenters. The topological polar surface area (TPSA) is 58.9 Å². The van der Waals surface area contributed by atoms with Crippen LogP contribution in [0.2, 0.25) is 0 Å². The Balaban J connectivity index is 2.12. The van der Waals surface area contributed by atoms with Gasteiger partial charge < -0.3 is 9.94 Å². The van der Waals surface area contributed by atoms with E-state index in [2.05, 4.69) is 5.16 Å². The van der Waals surface area contributed by atoms with Crippen LogP contribution in [0, 0.1) is 0 Å². The molecule has 0 fully saturated rings. The number of carbonyl (C=O) groups is 1. The fraction of sp³-hybridized carbons (Fsp3) is 0.294. The summed E-state index contributed by atoms with van der Waals surface area (Å²) in [5.74, 6) is -0.562. The number of esters is 1. The van der Waals surface area contributed by atoms with Gasteiger partial charge in [0.15, 0.2) is 5.71 Å². The van der Waals surface area contributed by atoms with Crippen LogP contribution in [-0.4, -0.2) is 23.0 Å². The molecule has 2 rings (SSSR count). The summed E-state index contributed by atoms with van der Waals surface area (Å²) in [6.45, 7) is 3.52. The van der Waals surface area contributed by atoms with Gasteiger partial charge in [-0.25, -0.2) is 4.79 Å². The highest BCUT2D eigenvalue weighted by molar-refractivity contribution is 6.36. The number of nitrogens with zero attached hydrogens (tertiary/aromatic N) is 1. The van der Waals surface area contributed by atoms with Gasteiger partial charge in [0.05, 0.1) is 6.10 Å². The van der Waals surface area contributed by atoms with Crippen LogP contribution in [0.5, 0.6) is 0 Å². The Hall–Kier alpha value is -2.36. The van der Waals surface area contributed by atoms with Crippen molar-refractivity contribution >= 4 is 22.5 Å². The van der Waals surface area contributed by atoms with Gasteiger partial charge in [0.25, 0.3) is 0 Å². The van der Waals surface area contributed by atoms with E-state index in [1.54, 1.807) is 13.8 Å². The molecule has 4 heteroatoms. The molecule has 0 saturated heterocycles. The smallest absolute Gasteiger partial charge is 0.356 e. The third-order valence-corrected chi connectivity index (χ3v) is 3.21. The molecule has 0 amide bonds. The minimum atomic E-state index is -0.562. The van der Waals surface area contributed by atoms with Gasteiger partial charge in [0.1, 0.15) is 0 Å². The Bertz CT molecular complexity index is 657. The number of oxime groups is 1. The number of aryl methyl sites for hydroxylation is 1. The first-order valence-electron chi connectivity index (χ1n) is 7.00. The lowest BCUT2D eigenvalue weighted by atomic mass is 10.00. The van der Waals surface area contributed by atoms with Crippen molar-refractivity contribution in [3.05, 3.63) is 48.0 Å². The Morgan fingerprint density at radius 2 is 1.90 bits per heavy atom. The number of rotatable bonds is 5. The Morgan fingerprint density at radius 1 is 1.19 bits per heavy atom. The van der Waals surface area contributed by atoms with Gasteiger partial charge in [-0.1, -0.05) is 47.6 Å². The third-order valence-electron chi connectivity index (χ3n) is 3.21. The van der Waals surface area contributed by atoms with Gasteiger partial charge in [-0.2, -0.15) is 0 Å². The van der Waals surface area contributed by atoms with Crippen LogP contribution in [0.3, 0.4) is 0 Å². The zero-order valence-electron chi connectivity index (χ0n) is 12.2. The van der Waals surface area contributed by atoms with Crippen LogP contribution >= 0.6 is 0 Å². The van der Waals surface area contributed by atoms with Crippen LogP contribution in [0.1, 0.15) is 25.8 Å². The highest BCUT2D eigenvalue weighted by Crippen LogP contribution is 2.20. The maximum atomic E-state index is 11.8. The first-order valence-corrected chi connectivity index (χ1v) is 7.00. The van der Waals surface area contributed by atoms with Crippen molar-refractivity contribution in [2.24, 2.45) is 5.16 Å². The summed E-state index contributed by atoms with van der Waals surface area (Å²) in [6.07, 6.45) is 0.732. The zero-order valence-corrected chi connectivity index (χ0v) is 12.2. The molecule has 0 saturated carbocycles. The van der Waals surface area contributed by atoms with Crippen molar-refractivity contribution in [1.82, 2.24) is 0 Å². The Labute approximate surface area is 124 Å². The second-order valence-electron chi connectivity index (χ2n) is 5.14. The molecule has 4 nitrogen and oxygen atoms in total.